The first-order valence-corrected chi connectivity index (χ1v) is 7.72. The van der Waals surface area contributed by atoms with E-state index in [2.05, 4.69) is 20.8 Å². The van der Waals surface area contributed by atoms with Gasteiger partial charge >= 0.3 is 0 Å². The largest absolute Gasteiger partial charge is 0.390 e. The van der Waals surface area contributed by atoms with Crippen molar-refractivity contribution in [3.05, 3.63) is 0 Å². The predicted molar refractivity (Wildman–Crippen MR) is 72.9 cm³/mol. The SMILES string of the molecule is CC1CCCC(O)(C2CC(C)CC(C)C2)CC1. The summed E-state index contributed by atoms with van der Waals surface area (Å²) in [5.74, 6) is 3.02. The smallest absolute Gasteiger partial charge is 0.0676 e. The van der Waals surface area contributed by atoms with E-state index in [1.807, 2.05) is 0 Å². The molecule has 0 spiro atoms. The van der Waals surface area contributed by atoms with Gasteiger partial charge in [-0.05, 0) is 62.2 Å². The Morgan fingerprint density at radius 1 is 0.824 bits per heavy atom. The lowest BCUT2D eigenvalue weighted by atomic mass is 9.67. The average Bonchev–Trinajstić information content (AvgIpc) is 2.41. The average molecular weight is 238 g/mol. The number of aliphatic hydroxyl groups is 1. The molecule has 0 aromatic rings. The third-order valence-electron chi connectivity index (χ3n) is 5.32. The topological polar surface area (TPSA) is 20.2 Å². The number of hydrogen-bond acceptors (Lipinski definition) is 1. The van der Waals surface area contributed by atoms with Gasteiger partial charge in [0.25, 0.3) is 0 Å². The van der Waals surface area contributed by atoms with Crippen LogP contribution in [0.4, 0.5) is 0 Å². The number of rotatable bonds is 1. The fourth-order valence-electron chi connectivity index (χ4n) is 4.32. The molecule has 1 nitrogen and oxygen atoms in total. The van der Waals surface area contributed by atoms with Gasteiger partial charge in [-0.3, -0.25) is 0 Å². The molecule has 2 aliphatic carbocycles. The van der Waals surface area contributed by atoms with Crippen LogP contribution in [0.3, 0.4) is 0 Å². The van der Waals surface area contributed by atoms with E-state index in [0.717, 1.165) is 30.6 Å². The maximum Gasteiger partial charge on any atom is 0.0676 e. The van der Waals surface area contributed by atoms with E-state index in [4.69, 9.17) is 0 Å². The molecule has 0 radical (unpaired) electrons. The molecule has 2 fully saturated rings. The molecule has 0 bridgehead atoms. The first kappa shape index (κ1) is 13.4. The van der Waals surface area contributed by atoms with Gasteiger partial charge in [0.15, 0.2) is 0 Å². The Labute approximate surface area is 107 Å². The first-order valence-electron chi connectivity index (χ1n) is 7.72. The van der Waals surface area contributed by atoms with Crippen molar-refractivity contribution in [3.8, 4) is 0 Å². The molecule has 2 saturated carbocycles. The molecule has 4 atom stereocenters. The van der Waals surface area contributed by atoms with E-state index in [1.165, 1.54) is 38.5 Å². The second-order valence-electron chi connectivity index (χ2n) is 7.25. The maximum absolute atomic E-state index is 11.0. The quantitative estimate of drug-likeness (QED) is 0.672. The van der Waals surface area contributed by atoms with Crippen molar-refractivity contribution in [2.75, 3.05) is 0 Å². The highest BCUT2D eigenvalue weighted by Gasteiger charge is 2.40. The summed E-state index contributed by atoms with van der Waals surface area (Å²) < 4.78 is 0. The van der Waals surface area contributed by atoms with Crippen LogP contribution in [0.25, 0.3) is 0 Å². The minimum Gasteiger partial charge on any atom is -0.390 e. The van der Waals surface area contributed by atoms with Gasteiger partial charge in [0.1, 0.15) is 0 Å². The maximum atomic E-state index is 11.0. The molecule has 2 aliphatic rings. The molecule has 0 aromatic carbocycles. The van der Waals surface area contributed by atoms with Gasteiger partial charge in [0.05, 0.1) is 5.60 Å². The lowest BCUT2D eigenvalue weighted by molar-refractivity contribution is -0.0601. The van der Waals surface area contributed by atoms with Gasteiger partial charge in [-0.25, -0.2) is 0 Å². The Kier molecular flexibility index (Phi) is 4.18. The standard InChI is InChI=1S/C16H30O/c1-12-5-4-7-16(17,8-6-12)15-10-13(2)9-14(3)11-15/h12-15,17H,4-11H2,1-3H3. The monoisotopic (exact) mass is 238 g/mol. The zero-order valence-corrected chi connectivity index (χ0v) is 11.9. The van der Waals surface area contributed by atoms with Gasteiger partial charge in [-0.15, -0.1) is 0 Å². The van der Waals surface area contributed by atoms with Crippen LogP contribution in [0.15, 0.2) is 0 Å². The van der Waals surface area contributed by atoms with Crippen molar-refractivity contribution in [1.82, 2.24) is 0 Å². The minimum atomic E-state index is -0.326. The third kappa shape index (κ3) is 3.24. The molecule has 0 heterocycles. The van der Waals surface area contributed by atoms with E-state index in [9.17, 15) is 5.11 Å². The summed E-state index contributed by atoms with van der Waals surface area (Å²) in [5.41, 5.74) is -0.326. The van der Waals surface area contributed by atoms with Gasteiger partial charge in [-0.1, -0.05) is 33.6 Å². The molecule has 1 heteroatoms. The van der Waals surface area contributed by atoms with Crippen molar-refractivity contribution in [2.24, 2.45) is 23.7 Å². The van der Waals surface area contributed by atoms with Crippen molar-refractivity contribution >= 4 is 0 Å². The van der Waals surface area contributed by atoms with Crippen LogP contribution < -0.4 is 0 Å². The Hall–Kier alpha value is -0.0400. The van der Waals surface area contributed by atoms with E-state index < -0.39 is 0 Å². The van der Waals surface area contributed by atoms with Gasteiger partial charge < -0.3 is 5.11 Å². The van der Waals surface area contributed by atoms with Crippen LogP contribution in [-0.2, 0) is 0 Å². The Balaban J connectivity index is 2.03. The summed E-state index contributed by atoms with van der Waals surface area (Å²) in [5, 5.41) is 11.0. The summed E-state index contributed by atoms with van der Waals surface area (Å²) in [6.45, 7) is 7.08. The normalized spacial score (nSPS) is 48.7. The Morgan fingerprint density at radius 2 is 1.47 bits per heavy atom. The second-order valence-corrected chi connectivity index (χ2v) is 7.25. The molecule has 0 saturated heterocycles. The summed E-state index contributed by atoms with van der Waals surface area (Å²) in [6.07, 6.45) is 9.78. The molecule has 17 heavy (non-hydrogen) atoms. The van der Waals surface area contributed by atoms with Gasteiger partial charge in [0, 0.05) is 0 Å². The van der Waals surface area contributed by atoms with Crippen LogP contribution in [-0.4, -0.2) is 10.7 Å². The fraction of sp³-hybridized carbons (Fsp3) is 1.00. The van der Waals surface area contributed by atoms with Crippen molar-refractivity contribution in [1.29, 1.82) is 0 Å². The van der Waals surface area contributed by atoms with Crippen LogP contribution in [0.1, 0.15) is 72.1 Å². The Morgan fingerprint density at radius 3 is 2.12 bits per heavy atom. The van der Waals surface area contributed by atoms with E-state index in [1.54, 1.807) is 0 Å². The van der Waals surface area contributed by atoms with Crippen molar-refractivity contribution in [2.45, 2.75) is 77.7 Å². The zero-order valence-electron chi connectivity index (χ0n) is 11.9. The van der Waals surface area contributed by atoms with Gasteiger partial charge in [0.2, 0.25) is 0 Å². The van der Waals surface area contributed by atoms with Crippen LogP contribution in [0.2, 0.25) is 0 Å². The fourth-order valence-corrected chi connectivity index (χ4v) is 4.32. The second kappa shape index (κ2) is 5.30. The first-order chi connectivity index (χ1) is 7.99. The van der Waals surface area contributed by atoms with Crippen LogP contribution in [0.5, 0.6) is 0 Å². The Bertz CT molecular complexity index is 240. The highest BCUT2D eigenvalue weighted by Crippen LogP contribution is 2.44. The summed E-state index contributed by atoms with van der Waals surface area (Å²) >= 11 is 0. The minimum absolute atomic E-state index is 0.326. The molecule has 2 rings (SSSR count). The molecular formula is C16H30O. The van der Waals surface area contributed by atoms with Crippen molar-refractivity contribution in [3.63, 3.8) is 0 Å². The molecule has 100 valence electrons. The van der Waals surface area contributed by atoms with Crippen LogP contribution in [0, 0.1) is 23.7 Å². The highest BCUT2D eigenvalue weighted by atomic mass is 16.3. The van der Waals surface area contributed by atoms with Gasteiger partial charge in [-0.2, -0.15) is 0 Å². The predicted octanol–water partition coefficient (Wildman–Crippen LogP) is 4.39. The molecule has 0 amide bonds. The van der Waals surface area contributed by atoms with E-state index in [0.29, 0.717) is 5.92 Å². The zero-order chi connectivity index (χ0) is 12.5. The lowest BCUT2D eigenvalue weighted by Gasteiger charge is -2.42. The molecule has 4 unspecified atom stereocenters. The van der Waals surface area contributed by atoms with E-state index in [-0.39, 0.29) is 5.60 Å². The molecule has 1 N–H and O–H groups in total. The number of hydrogen-bond donors (Lipinski definition) is 1. The summed E-state index contributed by atoms with van der Waals surface area (Å²) in [6, 6.07) is 0. The summed E-state index contributed by atoms with van der Waals surface area (Å²) in [7, 11) is 0. The lowest BCUT2D eigenvalue weighted by Crippen LogP contribution is -2.41. The van der Waals surface area contributed by atoms with Crippen LogP contribution >= 0.6 is 0 Å². The highest BCUT2D eigenvalue weighted by molar-refractivity contribution is 4.92. The van der Waals surface area contributed by atoms with E-state index >= 15 is 0 Å². The summed E-state index contributed by atoms with van der Waals surface area (Å²) in [4.78, 5) is 0. The molecule has 0 aliphatic heterocycles. The molecule has 0 aromatic heterocycles. The third-order valence-corrected chi connectivity index (χ3v) is 5.32. The van der Waals surface area contributed by atoms with Crippen molar-refractivity contribution < 1.29 is 5.11 Å². The molecular weight excluding hydrogens is 208 g/mol.